The van der Waals surface area contributed by atoms with Crippen LogP contribution in [-0.2, 0) is 9.59 Å². The van der Waals surface area contributed by atoms with Crippen molar-refractivity contribution in [1.82, 2.24) is 0 Å². The minimum Gasteiger partial charge on any atom is -0.456 e. The SMILES string of the molecule is CC(=O)CCCNc1ccc(-c2cc(=O)c3c(NC(=O)C(C)(C)C)cccc3o2)cc1. The van der Waals surface area contributed by atoms with E-state index in [1.54, 1.807) is 25.1 Å². The van der Waals surface area contributed by atoms with Crippen LogP contribution < -0.4 is 16.1 Å². The van der Waals surface area contributed by atoms with E-state index in [1.807, 2.05) is 45.0 Å². The number of hydrogen-bond acceptors (Lipinski definition) is 5. The van der Waals surface area contributed by atoms with Gasteiger partial charge in [-0.1, -0.05) is 26.8 Å². The summed E-state index contributed by atoms with van der Waals surface area (Å²) in [5.74, 6) is 0.472. The molecule has 3 rings (SSSR count). The highest BCUT2D eigenvalue weighted by molar-refractivity contribution is 6.02. The Morgan fingerprint density at radius 1 is 1.03 bits per heavy atom. The minimum absolute atomic E-state index is 0.171. The second-order valence-electron chi connectivity index (χ2n) is 8.67. The molecule has 0 spiro atoms. The van der Waals surface area contributed by atoms with Crippen LogP contribution in [0, 0.1) is 5.41 Å². The number of ketones is 1. The fourth-order valence-electron chi connectivity index (χ4n) is 3.09. The van der Waals surface area contributed by atoms with Crippen molar-refractivity contribution in [1.29, 1.82) is 0 Å². The Morgan fingerprint density at radius 2 is 1.74 bits per heavy atom. The van der Waals surface area contributed by atoms with Crippen molar-refractivity contribution in [3.05, 3.63) is 58.8 Å². The second kappa shape index (κ2) is 9.16. The van der Waals surface area contributed by atoms with Crippen LogP contribution in [0.3, 0.4) is 0 Å². The molecule has 0 bridgehead atoms. The third-order valence-corrected chi connectivity index (χ3v) is 4.89. The Morgan fingerprint density at radius 3 is 2.39 bits per heavy atom. The highest BCUT2D eigenvalue weighted by Crippen LogP contribution is 2.28. The topological polar surface area (TPSA) is 88.4 Å². The molecule has 0 saturated carbocycles. The number of carbonyl (C=O) groups is 2. The average molecular weight is 421 g/mol. The number of Topliss-reactive ketones (excluding diaryl/α,β-unsaturated/α-hetero) is 1. The predicted molar refractivity (Wildman–Crippen MR) is 124 cm³/mol. The third-order valence-electron chi connectivity index (χ3n) is 4.89. The van der Waals surface area contributed by atoms with E-state index in [0.29, 0.717) is 35.4 Å². The van der Waals surface area contributed by atoms with Gasteiger partial charge in [0.25, 0.3) is 0 Å². The Kier molecular flexibility index (Phi) is 6.59. The fourth-order valence-corrected chi connectivity index (χ4v) is 3.09. The normalized spacial score (nSPS) is 11.4. The van der Waals surface area contributed by atoms with Crippen molar-refractivity contribution in [3.63, 3.8) is 0 Å². The van der Waals surface area contributed by atoms with Gasteiger partial charge in [-0.3, -0.25) is 9.59 Å². The van der Waals surface area contributed by atoms with Gasteiger partial charge in [0.1, 0.15) is 17.1 Å². The maximum Gasteiger partial charge on any atom is 0.229 e. The summed E-state index contributed by atoms with van der Waals surface area (Å²) in [5, 5.41) is 6.46. The molecule has 31 heavy (non-hydrogen) atoms. The summed E-state index contributed by atoms with van der Waals surface area (Å²) in [4.78, 5) is 36.3. The number of amides is 1. The molecule has 3 aromatic rings. The predicted octanol–water partition coefficient (Wildman–Crippen LogP) is 5.23. The lowest BCUT2D eigenvalue weighted by Crippen LogP contribution is -2.28. The lowest BCUT2D eigenvalue weighted by Gasteiger charge is -2.18. The minimum atomic E-state index is -0.579. The molecule has 0 saturated heterocycles. The van der Waals surface area contributed by atoms with Crippen LogP contribution in [0.25, 0.3) is 22.3 Å². The van der Waals surface area contributed by atoms with Gasteiger partial charge in [-0.15, -0.1) is 0 Å². The zero-order chi connectivity index (χ0) is 22.6. The molecular weight excluding hydrogens is 392 g/mol. The van der Waals surface area contributed by atoms with Gasteiger partial charge in [-0.25, -0.2) is 0 Å². The van der Waals surface area contributed by atoms with E-state index in [9.17, 15) is 14.4 Å². The zero-order valence-electron chi connectivity index (χ0n) is 18.4. The molecule has 6 heteroatoms. The summed E-state index contributed by atoms with van der Waals surface area (Å²) >= 11 is 0. The summed E-state index contributed by atoms with van der Waals surface area (Å²) in [6.07, 6.45) is 1.34. The van der Waals surface area contributed by atoms with Crippen LogP contribution in [-0.4, -0.2) is 18.2 Å². The molecule has 1 heterocycles. The molecule has 0 aliphatic carbocycles. The molecule has 0 aliphatic rings. The Bertz CT molecular complexity index is 1150. The van der Waals surface area contributed by atoms with Crippen LogP contribution in [0.1, 0.15) is 40.5 Å². The van der Waals surface area contributed by atoms with Gasteiger partial charge in [-0.05, 0) is 49.7 Å². The van der Waals surface area contributed by atoms with E-state index in [2.05, 4.69) is 10.6 Å². The van der Waals surface area contributed by atoms with Crippen LogP contribution in [0.5, 0.6) is 0 Å². The Hall–Kier alpha value is -3.41. The van der Waals surface area contributed by atoms with E-state index in [1.165, 1.54) is 6.07 Å². The second-order valence-corrected chi connectivity index (χ2v) is 8.67. The van der Waals surface area contributed by atoms with Crippen molar-refractivity contribution in [2.75, 3.05) is 17.2 Å². The van der Waals surface area contributed by atoms with Gasteiger partial charge in [0.2, 0.25) is 5.91 Å². The molecule has 2 N–H and O–H groups in total. The number of fused-ring (bicyclic) bond motifs is 1. The Labute approximate surface area is 181 Å². The summed E-state index contributed by atoms with van der Waals surface area (Å²) in [7, 11) is 0. The van der Waals surface area contributed by atoms with Crippen molar-refractivity contribution >= 4 is 34.0 Å². The number of benzene rings is 2. The highest BCUT2D eigenvalue weighted by Gasteiger charge is 2.22. The zero-order valence-corrected chi connectivity index (χ0v) is 18.4. The average Bonchev–Trinajstić information content (AvgIpc) is 2.70. The molecule has 0 unspecified atom stereocenters. The van der Waals surface area contributed by atoms with E-state index >= 15 is 0 Å². The van der Waals surface area contributed by atoms with E-state index in [-0.39, 0.29) is 17.1 Å². The maximum absolute atomic E-state index is 12.9. The third kappa shape index (κ3) is 5.60. The molecule has 0 aliphatic heterocycles. The highest BCUT2D eigenvalue weighted by atomic mass is 16.3. The molecular formula is C25H28N2O4. The van der Waals surface area contributed by atoms with Crippen LogP contribution in [0.15, 0.2) is 57.7 Å². The standard InChI is InChI=1S/C25H28N2O4/c1-16(28)7-6-14-26-18-12-10-17(11-13-18)22-15-20(29)23-19(8-5-9-21(23)31-22)27-24(30)25(2,3)4/h5,8-13,15,26H,6-7,14H2,1-4H3,(H,27,30). The summed E-state index contributed by atoms with van der Waals surface area (Å²) in [5.41, 5.74) is 1.78. The van der Waals surface area contributed by atoms with E-state index in [4.69, 9.17) is 4.42 Å². The molecule has 2 aromatic carbocycles. The summed E-state index contributed by atoms with van der Waals surface area (Å²) in [6, 6.07) is 14.2. The Balaban J connectivity index is 1.83. The van der Waals surface area contributed by atoms with Gasteiger partial charge in [0.15, 0.2) is 5.43 Å². The van der Waals surface area contributed by atoms with Crippen LogP contribution in [0.4, 0.5) is 11.4 Å². The lowest BCUT2D eigenvalue weighted by molar-refractivity contribution is -0.123. The summed E-state index contributed by atoms with van der Waals surface area (Å²) in [6.45, 7) is 7.75. The summed E-state index contributed by atoms with van der Waals surface area (Å²) < 4.78 is 5.99. The number of anilines is 2. The van der Waals surface area contributed by atoms with Crippen molar-refractivity contribution in [2.24, 2.45) is 5.41 Å². The van der Waals surface area contributed by atoms with Crippen LogP contribution in [0.2, 0.25) is 0 Å². The molecule has 0 atom stereocenters. The van der Waals surface area contributed by atoms with Gasteiger partial charge >= 0.3 is 0 Å². The fraction of sp³-hybridized carbons (Fsp3) is 0.320. The molecule has 1 aromatic heterocycles. The number of rotatable bonds is 7. The molecule has 162 valence electrons. The first-order chi connectivity index (χ1) is 14.6. The molecule has 1 amide bonds. The molecule has 6 nitrogen and oxygen atoms in total. The smallest absolute Gasteiger partial charge is 0.229 e. The van der Waals surface area contributed by atoms with Gasteiger partial charge in [0, 0.05) is 35.7 Å². The van der Waals surface area contributed by atoms with Crippen LogP contribution >= 0.6 is 0 Å². The number of carbonyl (C=O) groups excluding carboxylic acids is 2. The largest absolute Gasteiger partial charge is 0.456 e. The first-order valence-electron chi connectivity index (χ1n) is 10.4. The first-order valence-corrected chi connectivity index (χ1v) is 10.4. The maximum atomic E-state index is 12.9. The monoisotopic (exact) mass is 420 g/mol. The lowest BCUT2D eigenvalue weighted by atomic mass is 9.95. The van der Waals surface area contributed by atoms with Gasteiger partial charge in [0.05, 0.1) is 11.1 Å². The number of hydrogen-bond donors (Lipinski definition) is 2. The van der Waals surface area contributed by atoms with Gasteiger partial charge in [-0.2, -0.15) is 0 Å². The van der Waals surface area contributed by atoms with Crippen molar-refractivity contribution in [2.45, 2.75) is 40.5 Å². The first kappa shape index (κ1) is 22.3. The molecule has 0 fully saturated rings. The quantitative estimate of drug-likeness (QED) is 0.511. The van der Waals surface area contributed by atoms with Crippen molar-refractivity contribution in [3.8, 4) is 11.3 Å². The van der Waals surface area contributed by atoms with E-state index in [0.717, 1.165) is 17.7 Å². The number of nitrogens with one attached hydrogen (secondary N) is 2. The van der Waals surface area contributed by atoms with Gasteiger partial charge < -0.3 is 19.8 Å². The van der Waals surface area contributed by atoms with Crippen molar-refractivity contribution < 1.29 is 14.0 Å². The molecule has 0 radical (unpaired) electrons. The van der Waals surface area contributed by atoms with E-state index < -0.39 is 5.41 Å².